The Bertz CT molecular complexity index is 680. The van der Waals surface area contributed by atoms with E-state index in [9.17, 15) is 22.7 Å². The molecule has 0 aliphatic heterocycles. The molecule has 0 saturated heterocycles. The van der Waals surface area contributed by atoms with Crippen LogP contribution < -0.4 is 10.5 Å². The van der Waals surface area contributed by atoms with Crippen LogP contribution in [0.4, 0.5) is 17.6 Å². The van der Waals surface area contributed by atoms with Gasteiger partial charge >= 0.3 is 6.36 Å². The Morgan fingerprint density at radius 1 is 1.09 bits per heavy atom. The van der Waals surface area contributed by atoms with E-state index in [1.54, 1.807) is 0 Å². The highest BCUT2D eigenvalue weighted by molar-refractivity contribution is 9.10. The van der Waals surface area contributed by atoms with Crippen molar-refractivity contribution in [1.29, 1.82) is 0 Å². The van der Waals surface area contributed by atoms with Gasteiger partial charge in [-0.3, -0.25) is 0 Å². The van der Waals surface area contributed by atoms with Gasteiger partial charge in [0, 0.05) is 10.0 Å². The molecular formula is C14H11BrClF4NO2. The van der Waals surface area contributed by atoms with E-state index in [2.05, 4.69) is 20.7 Å². The number of phenols is 1. The Hall–Kier alpha value is -1.51. The van der Waals surface area contributed by atoms with Crippen molar-refractivity contribution in [2.75, 3.05) is 0 Å². The highest BCUT2D eigenvalue weighted by Gasteiger charge is 2.31. The van der Waals surface area contributed by atoms with Gasteiger partial charge in [-0.05, 0) is 29.8 Å². The number of alkyl halides is 3. The molecule has 2 rings (SSSR count). The molecule has 3 nitrogen and oxygen atoms in total. The quantitative estimate of drug-likeness (QED) is 0.716. The molecule has 0 heterocycles. The Morgan fingerprint density at radius 2 is 1.65 bits per heavy atom. The normalized spacial score (nSPS) is 12.4. The summed E-state index contributed by atoms with van der Waals surface area (Å²) in [6.07, 6.45) is -4.78. The van der Waals surface area contributed by atoms with E-state index in [4.69, 9.17) is 5.73 Å². The summed E-state index contributed by atoms with van der Waals surface area (Å²) in [6, 6.07) is 6.32. The van der Waals surface area contributed by atoms with Gasteiger partial charge in [-0.15, -0.1) is 25.6 Å². The third-order valence-electron chi connectivity index (χ3n) is 2.90. The highest BCUT2D eigenvalue weighted by atomic mass is 79.9. The predicted octanol–water partition coefficient (Wildman–Crippen LogP) is 4.66. The molecule has 0 aromatic heterocycles. The van der Waals surface area contributed by atoms with Gasteiger partial charge in [-0.25, -0.2) is 4.39 Å². The number of nitrogens with two attached hydrogens (primary N) is 1. The second-order valence-corrected chi connectivity index (χ2v) is 5.24. The fourth-order valence-corrected chi connectivity index (χ4v) is 2.46. The maximum absolute atomic E-state index is 13.4. The van der Waals surface area contributed by atoms with Gasteiger partial charge < -0.3 is 15.6 Å². The first kappa shape index (κ1) is 19.5. The number of rotatable bonds is 3. The van der Waals surface area contributed by atoms with Gasteiger partial charge in [0.2, 0.25) is 0 Å². The number of aromatic hydroxyl groups is 1. The summed E-state index contributed by atoms with van der Waals surface area (Å²) in [4.78, 5) is 0. The van der Waals surface area contributed by atoms with Crippen molar-refractivity contribution in [3.8, 4) is 11.5 Å². The van der Waals surface area contributed by atoms with Gasteiger partial charge in [0.1, 0.15) is 5.75 Å². The molecule has 126 valence electrons. The summed E-state index contributed by atoms with van der Waals surface area (Å²) >= 11 is 3.15. The molecular weight excluding hydrogens is 406 g/mol. The van der Waals surface area contributed by atoms with Crippen molar-refractivity contribution >= 4 is 28.3 Å². The van der Waals surface area contributed by atoms with E-state index in [1.165, 1.54) is 18.2 Å². The molecule has 0 saturated carbocycles. The lowest BCUT2D eigenvalue weighted by Gasteiger charge is -2.17. The molecule has 2 aromatic carbocycles. The van der Waals surface area contributed by atoms with E-state index in [1.807, 2.05) is 0 Å². The molecule has 0 aliphatic rings. The lowest BCUT2D eigenvalue weighted by molar-refractivity contribution is -0.274. The molecule has 23 heavy (non-hydrogen) atoms. The third kappa shape index (κ3) is 4.73. The monoisotopic (exact) mass is 415 g/mol. The van der Waals surface area contributed by atoms with Crippen LogP contribution in [0.3, 0.4) is 0 Å². The standard InChI is InChI=1S/C14H10BrF4NO2.ClH/c15-9-5-6-10(16)13(21)11(9)12(20)7-1-3-8(4-2-7)22-14(17,18)19;/h1-6,12,21H,20H2;1H/t12-;/m0./s1. The summed E-state index contributed by atoms with van der Waals surface area (Å²) in [5.41, 5.74) is 6.43. The molecule has 3 N–H and O–H groups in total. The lowest BCUT2D eigenvalue weighted by Crippen LogP contribution is -2.17. The first-order valence-electron chi connectivity index (χ1n) is 5.97. The molecule has 0 unspecified atom stereocenters. The molecule has 0 radical (unpaired) electrons. The zero-order valence-electron chi connectivity index (χ0n) is 11.3. The number of hydrogen-bond donors (Lipinski definition) is 2. The van der Waals surface area contributed by atoms with Crippen molar-refractivity contribution in [2.24, 2.45) is 5.73 Å². The van der Waals surface area contributed by atoms with E-state index in [0.717, 1.165) is 18.2 Å². The Balaban J connectivity index is 0.00000264. The van der Waals surface area contributed by atoms with Crippen LogP contribution in [0.15, 0.2) is 40.9 Å². The average molecular weight is 417 g/mol. The second kappa shape index (κ2) is 7.37. The SMILES string of the molecule is Cl.N[C@@H](c1ccc(OC(F)(F)F)cc1)c1c(Br)ccc(F)c1O. The molecule has 0 amide bonds. The number of ether oxygens (including phenoxy) is 1. The van der Waals surface area contributed by atoms with Gasteiger partial charge in [-0.2, -0.15) is 0 Å². The summed E-state index contributed by atoms with van der Waals surface area (Å²) < 4.78 is 53.8. The van der Waals surface area contributed by atoms with Crippen molar-refractivity contribution in [2.45, 2.75) is 12.4 Å². The second-order valence-electron chi connectivity index (χ2n) is 4.39. The highest BCUT2D eigenvalue weighted by Crippen LogP contribution is 2.36. The van der Waals surface area contributed by atoms with Crippen LogP contribution >= 0.6 is 28.3 Å². The molecule has 2 aromatic rings. The smallest absolute Gasteiger partial charge is 0.505 e. The van der Waals surface area contributed by atoms with Crippen molar-refractivity contribution < 1.29 is 27.4 Å². The molecule has 0 bridgehead atoms. The van der Waals surface area contributed by atoms with Crippen LogP contribution in [0, 0.1) is 5.82 Å². The molecule has 9 heteroatoms. The van der Waals surface area contributed by atoms with Gasteiger partial charge in [0.15, 0.2) is 11.6 Å². The Kier molecular flexibility index (Phi) is 6.26. The first-order chi connectivity index (χ1) is 10.2. The van der Waals surface area contributed by atoms with E-state index >= 15 is 0 Å². The number of benzene rings is 2. The Morgan fingerprint density at radius 3 is 2.17 bits per heavy atom. The fraction of sp³-hybridized carbons (Fsp3) is 0.143. The number of halogens is 6. The summed E-state index contributed by atoms with van der Waals surface area (Å²) in [7, 11) is 0. The molecule has 0 aliphatic carbocycles. The summed E-state index contributed by atoms with van der Waals surface area (Å²) in [5.74, 6) is -1.85. The van der Waals surface area contributed by atoms with Crippen molar-refractivity contribution in [3.63, 3.8) is 0 Å². The largest absolute Gasteiger partial charge is 0.573 e. The minimum atomic E-state index is -4.78. The third-order valence-corrected chi connectivity index (χ3v) is 3.59. The topological polar surface area (TPSA) is 55.5 Å². The van der Waals surface area contributed by atoms with Crippen molar-refractivity contribution in [3.05, 3.63) is 57.8 Å². The fourth-order valence-electron chi connectivity index (χ4n) is 1.90. The Labute approximate surface area is 143 Å². The van der Waals surface area contributed by atoms with Crippen molar-refractivity contribution in [1.82, 2.24) is 0 Å². The van der Waals surface area contributed by atoms with E-state index in [-0.39, 0.29) is 18.0 Å². The zero-order valence-corrected chi connectivity index (χ0v) is 13.7. The minimum Gasteiger partial charge on any atom is -0.505 e. The molecule has 0 fully saturated rings. The zero-order chi connectivity index (χ0) is 16.5. The van der Waals surface area contributed by atoms with Crippen LogP contribution in [0.5, 0.6) is 11.5 Å². The minimum absolute atomic E-state index is 0. The van der Waals surface area contributed by atoms with Crippen LogP contribution in [0.2, 0.25) is 0 Å². The lowest BCUT2D eigenvalue weighted by atomic mass is 9.98. The summed E-state index contributed by atoms with van der Waals surface area (Å²) in [5, 5.41) is 9.76. The average Bonchev–Trinajstić information content (AvgIpc) is 2.42. The van der Waals surface area contributed by atoms with E-state index < -0.39 is 29.7 Å². The molecule has 0 spiro atoms. The predicted molar refractivity (Wildman–Crippen MR) is 82.2 cm³/mol. The first-order valence-corrected chi connectivity index (χ1v) is 6.76. The van der Waals surface area contributed by atoms with Gasteiger partial charge in [-0.1, -0.05) is 28.1 Å². The maximum atomic E-state index is 13.4. The number of hydrogen-bond acceptors (Lipinski definition) is 3. The maximum Gasteiger partial charge on any atom is 0.573 e. The number of phenolic OH excluding ortho intramolecular Hbond substituents is 1. The van der Waals surface area contributed by atoms with Crippen LogP contribution in [-0.2, 0) is 0 Å². The van der Waals surface area contributed by atoms with Crippen LogP contribution in [0.1, 0.15) is 17.2 Å². The molecule has 1 atom stereocenters. The van der Waals surface area contributed by atoms with Gasteiger partial charge in [0.05, 0.1) is 6.04 Å². The van der Waals surface area contributed by atoms with Gasteiger partial charge in [0.25, 0.3) is 0 Å². The summed E-state index contributed by atoms with van der Waals surface area (Å²) in [6.45, 7) is 0. The van der Waals surface area contributed by atoms with E-state index in [0.29, 0.717) is 10.0 Å². The van der Waals surface area contributed by atoms with Crippen LogP contribution in [-0.4, -0.2) is 11.5 Å². The van der Waals surface area contributed by atoms with Crippen LogP contribution in [0.25, 0.3) is 0 Å².